The lowest BCUT2D eigenvalue weighted by Crippen LogP contribution is -2.32. The Morgan fingerprint density at radius 3 is 2.21 bits per heavy atom. The zero-order chi connectivity index (χ0) is 24.0. The van der Waals surface area contributed by atoms with Gasteiger partial charge in [-0.1, -0.05) is 31.9 Å². The second kappa shape index (κ2) is 11.0. The highest BCUT2D eigenvalue weighted by Crippen LogP contribution is 2.28. The van der Waals surface area contributed by atoms with Crippen LogP contribution in [0.3, 0.4) is 0 Å². The molecule has 8 heteroatoms. The van der Waals surface area contributed by atoms with Crippen molar-refractivity contribution in [1.82, 2.24) is 9.62 Å². The number of carbonyl (C=O) groups excluding carboxylic acids is 1. The van der Waals surface area contributed by atoms with Crippen LogP contribution in [0, 0.1) is 6.92 Å². The van der Waals surface area contributed by atoms with E-state index in [-0.39, 0.29) is 16.4 Å². The van der Waals surface area contributed by atoms with Gasteiger partial charge in [-0.3, -0.25) is 4.79 Å². The molecule has 1 amide bonds. The summed E-state index contributed by atoms with van der Waals surface area (Å²) in [6.45, 7) is 5.20. The summed E-state index contributed by atoms with van der Waals surface area (Å²) in [6.07, 6.45) is 4.67. The SMILES string of the molecule is CC[C@@H](NS(=O)(=O)c1ccc(OC)c(C(=O)N2CCCCCC2)c1)c1ccc(OC)c(C)c1. The zero-order valence-corrected chi connectivity index (χ0v) is 20.7. The molecule has 1 fully saturated rings. The van der Waals surface area contributed by atoms with Gasteiger partial charge in [-0.05, 0) is 61.6 Å². The van der Waals surface area contributed by atoms with Crippen LogP contribution in [0.5, 0.6) is 11.5 Å². The van der Waals surface area contributed by atoms with Crippen LogP contribution < -0.4 is 14.2 Å². The molecule has 3 rings (SSSR count). The van der Waals surface area contributed by atoms with Crippen LogP contribution in [0.2, 0.25) is 0 Å². The molecule has 0 saturated carbocycles. The molecular formula is C25H34N2O5S. The molecule has 1 N–H and O–H groups in total. The number of amides is 1. The summed E-state index contributed by atoms with van der Waals surface area (Å²) in [4.78, 5) is 15.1. The number of methoxy groups -OCH3 is 2. The number of benzene rings is 2. The van der Waals surface area contributed by atoms with Crippen molar-refractivity contribution in [2.75, 3.05) is 27.3 Å². The third kappa shape index (κ3) is 5.86. The average Bonchev–Trinajstić information content (AvgIpc) is 3.11. The van der Waals surface area contributed by atoms with Crippen molar-refractivity contribution >= 4 is 15.9 Å². The van der Waals surface area contributed by atoms with E-state index in [4.69, 9.17) is 9.47 Å². The van der Waals surface area contributed by atoms with E-state index in [1.807, 2.05) is 32.0 Å². The van der Waals surface area contributed by atoms with E-state index in [9.17, 15) is 13.2 Å². The Kier molecular flexibility index (Phi) is 8.37. The van der Waals surface area contributed by atoms with Gasteiger partial charge in [0.1, 0.15) is 11.5 Å². The number of likely N-dealkylation sites (tertiary alicyclic amines) is 1. The smallest absolute Gasteiger partial charge is 0.257 e. The van der Waals surface area contributed by atoms with Gasteiger partial charge in [0.05, 0.1) is 24.7 Å². The molecule has 1 atom stereocenters. The molecule has 1 heterocycles. The lowest BCUT2D eigenvalue weighted by molar-refractivity contribution is 0.0758. The standard InChI is InChI=1S/C25H34N2O5S/c1-5-22(19-10-12-23(31-3)18(2)16-19)26-33(29,30)20-11-13-24(32-4)21(17-20)25(28)27-14-8-6-7-9-15-27/h10-13,16-17,22,26H,5-9,14-15H2,1-4H3/t22-/m1/s1. The predicted molar refractivity (Wildman–Crippen MR) is 128 cm³/mol. The molecule has 1 aliphatic heterocycles. The second-order valence-corrected chi connectivity index (χ2v) is 10.1. The molecule has 7 nitrogen and oxygen atoms in total. The van der Waals surface area contributed by atoms with Gasteiger partial charge in [-0.15, -0.1) is 0 Å². The normalized spacial score (nSPS) is 15.6. The van der Waals surface area contributed by atoms with Crippen LogP contribution in [0.15, 0.2) is 41.3 Å². The Morgan fingerprint density at radius 1 is 1.00 bits per heavy atom. The van der Waals surface area contributed by atoms with Crippen molar-refractivity contribution < 1.29 is 22.7 Å². The van der Waals surface area contributed by atoms with Gasteiger partial charge in [-0.2, -0.15) is 0 Å². The molecular weight excluding hydrogens is 440 g/mol. The summed E-state index contributed by atoms with van der Waals surface area (Å²) < 4.78 is 40.1. The Balaban J connectivity index is 1.89. The van der Waals surface area contributed by atoms with Gasteiger partial charge in [0.25, 0.3) is 5.91 Å². The molecule has 0 unspecified atom stereocenters. The van der Waals surface area contributed by atoms with Gasteiger partial charge in [0.2, 0.25) is 10.0 Å². The minimum absolute atomic E-state index is 0.0464. The summed E-state index contributed by atoms with van der Waals surface area (Å²) in [5.74, 6) is 0.938. The highest BCUT2D eigenvalue weighted by molar-refractivity contribution is 7.89. The highest BCUT2D eigenvalue weighted by Gasteiger charge is 2.26. The highest BCUT2D eigenvalue weighted by atomic mass is 32.2. The third-order valence-electron chi connectivity index (χ3n) is 6.13. The van der Waals surface area contributed by atoms with Crippen LogP contribution in [0.25, 0.3) is 0 Å². The van der Waals surface area contributed by atoms with Gasteiger partial charge in [0, 0.05) is 19.1 Å². The minimum atomic E-state index is -3.87. The van der Waals surface area contributed by atoms with Crippen molar-refractivity contribution in [2.24, 2.45) is 0 Å². The topological polar surface area (TPSA) is 84.9 Å². The van der Waals surface area contributed by atoms with Gasteiger partial charge < -0.3 is 14.4 Å². The number of sulfonamides is 1. The zero-order valence-electron chi connectivity index (χ0n) is 19.9. The summed E-state index contributed by atoms with van der Waals surface area (Å²) in [5, 5.41) is 0. The van der Waals surface area contributed by atoms with Gasteiger partial charge >= 0.3 is 0 Å². The Hall–Kier alpha value is -2.58. The quantitative estimate of drug-likeness (QED) is 0.611. The average molecular weight is 475 g/mol. The Morgan fingerprint density at radius 2 is 1.64 bits per heavy atom. The number of ether oxygens (including phenoxy) is 2. The number of nitrogens with zero attached hydrogens (tertiary/aromatic N) is 1. The maximum Gasteiger partial charge on any atom is 0.257 e. The van der Waals surface area contributed by atoms with Gasteiger partial charge in [0.15, 0.2) is 0 Å². The largest absolute Gasteiger partial charge is 0.496 e. The Bertz CT molecular complexity index is 1080. The molecule has 0 bridgehead atoms. The second-order valence-electron chi connectivity index (χ2n) is 8.38. The van der Waals surface area contributed by atoms with E-state index in [0.29, 0.717) is 25.3 Å². The molecule has 33 heavy (non-hydrogen) atoms. The Labute approximate surface area is 197 Å². The van der Waals surface area contributed by atoms with Crippen LogP contribution >= 0.6 is 0 Å². The number of hydrogen-bond donors (Lipinski definition) is 1. The number of rotatable bonds is 8. The van der Waals surface area contributed by atoms with E-state index >= 15 is 0 Å². The first-order chi connectivity index (χ1) is 15.8. The van der Waals surface area contributed by atoms with E-state index in [0.717, 1.165) is 42.6 Å². The number of hydrogen-bond acceptors (Lipinski definition) is 5. The van der Waals surface area contributed by atoms with E-state index < -0.39 is 16.1 Å². The van der Waals surface area contributed by atoms with Crippen LogP contribution in [-0.2, 0) is 10.0 Å². The maximum absolute atomic E-state index is 13.3. The molecule has 0 radical (unpaired) electrons. The van der Waals surface area contributed by atoms with Crippen LogP contribution in [0.4, 0.5) is 0 Å². The fourth-order valence-electron chi connectivity index (χ4n) is 4.23. The number of aryl methyl sites for hydroxylation is 1. The summed E-state index contributed by atoms with van der Waals surface area (Å²) in [6, 6.07) is 9.69. The molecule has 2 aromatic carbocycles. The van der Waals surface area contributed by atoms with Crippen molar-refractivity contribution in [2.45, 2.75) is 56.9 Å². The third-order valence-corrected chi connectivity index (χ3v) is 7.60. The lowest BCUT2D eigenvalue weighted by atomic mass is 10.0. The number of carbonyl (C=O) groups is 1. The van der Waals surface area contributed by atoms with Crippen molar-refractivity contribution in [3.8, 4) is 11.5 Å². The number of nitrogens with one attached hydrogen (secondary N) is 1. The molecule has 2 aromatic rings. The monoisotopic (exact) mass is 474 g/mol. The first kappa shape index (κ1) is 25.1. The first-order valence-electron chi connectivity index (χ1n) is 11.4. The van der Waals surface area contributed by atoms with E-state index in [2.05, 4.69) is 4.72 Å². The van der Waals surface area contributed by atoms with Crippen molar-refractivity contribution in [3.63, 3.8) is 0 Å². The fraction of sp³-hybridized carbons (Fsp3) is 0.480. The summed E-state index contributed by atoms with van der Waals surface area (Å²) in [7, 11) is -0.781. The molecule has 1 aliphatic rings. The minimum Gasteiger partial charge on any atom is -0.496 e. The van der Waals surface area contributed by atoms with Gasteiger partial charge in [-0.25, -0.2) is 13.1 Å². The van der Waals surface area contributed by atoms with Crippen LogP contribution in [0.1, 0.15) is 66.6 Å². The first-order valence-corrected chi connectivity index (χ1v) is 12.9. The van der Waals surface area contributed by atoms with Crippen molar-refractivity contribution in [1.29, 1.82) is 0 Å². The molecule has 0 aromatic heterocycles. The van der Waals surface area contributed by atoms with E-state index in [1.54, 1.807) is 18.1 Å². The molecule has 180 valence electrons. The lowest BCUT2D eigenvalue weighted by Gasteiger charge is -2.22. The maximum atomic E-state index is 13.3. The van der Waals surface area contributed by atoms with E-state index in [1.165, 1.54) is 19.2 Å². The summed E-state index contributed by atoms with van der Waals surface area (Å²) >= 11 is 0. The molecule has 0 aliphatic carbocycles. The molecule has 1 saturated heterocycles. The predicted octanol–water partition coefficient (Wildman–Crippen LogP) is 4.46. The molecule has 0 spiro atoms. The fourth-order valence-corrected chi connectivity index (χ4v) is 5.56. The van der Waals surface area contributed by atoms with Crippen molar-refractivity contribution in [3.05, 3.63) is 53.1 Å². The summed E-state index contributed by atoms with van der Waals surface area (Å²) in [5.41, 5.74) is 2.06. The van der Waals surface area contributed by atoms with Crippen LogP contribution in [-0.4, -0.2) is 46.5 Å².